The Kier molecular flexibility index (Phi) is 4.25. The Labute approximate surface area is 147 Å². The summed E-state index contributed by atoms with van der Waals surface area (Å²) in [5.74, 6) is -0.766. The van der Waals surface area contributed by atoms with Crippen LogP contribution in [0.25, 0.3) is 0 Å². The number of aromatic nitrogens is 1. The van der Waals surface area contributed by atoms with E-state index in [0.717, 1.165) is 38.7 Å². The maximum absolute atomic E-state index is 14.1. The van der Waals surface area contributed by atoms with Crippen LogP contribution in [0.4, 0.5) is 10.1 Å². The lowest BCUT2D eigenvalue weighted by molar-refractivity contribution is 0.101. The standard InChI is InChI=1S/C20H22FN3O/c1-14(25)20-18(21)9-22-10-19(20)23-12-16-7-8-17(13-23)24(16)11-15-5-3-2-4-6-15/h2-6,9-10,16-17H,7-8,11-13H2,1H3. The number of benzene rings is 1. The molecule has 25 heavy (non-hydrogen) atoms. The number of hydrogen-bond donors (Lipinski definition) is 0. The van der Waals surface area contributed by atoms with Crippen molar-refractivity contribution in [2.24, 2.45) is 0 Å². The third kappa shape index (κ3) is 3.04. The predicted octanol–water partition coefficient (Wildman–Crippen LogP) is 3.28. The van der Waals surface area contributed by atoms with E-state index in [4.69, 9.17) is 0 Å². The van der Waals surface area contributed by atoms with Crippen LogP contribution in [0.15, 0.2) is 42.7 Å². The molecule has 0 aliphatic carbocycles. The van der Waals surface area contributed by atoms with E-state index in [2.05, 4.69) is 39.0 Å². The van der Waals surface area contributed by atoms with E-state index >= 15 is 0 Å². The molecule has 0 radical (unpaired) electrons. The number of carbonyl (C=O) groups excluding carboxylic acids is 1. The normalized spacial score (nSPS) is 23.0. The third-order valence-corrected chi connectivity index (χ3v) is 5.41. The van der Waals surface area contributed by atoms with Gasteiger partial charge in [0.1, 0.15) is 0 Å². The summed E-state index contributed by atoms with van der Waals surface area (Å²) in [7, 11) is 0. The summed E-state index contributed by atoms with van der Waals surface area (Å²) in [5.41, 5.74) is 2.14. The Morgan fingerprint density at radius 3 is 2.48 bits per heavy atom. The molecule has 3 heterocycles. The molecule has 2 aliphatic rings. The number of nitrogens with zero attached hydrogens (tertiary/aromatic N) is 3. The Morgan fingerprint density at radius 1 is 1.16 bits per heavy atom. The number of pyridine rings is 1. The van der Waals surface area contributed by atoms with Crippen molar-refractivity contribution in [2.45, 2.75) is 38.4 Å². The van der Waals surface area contributed by atoms with Crippen molar-refractivity contribution < 1.29 is 9.18 Å². The van der Waals surface area contributed by atoms with Gasteiger partial charge in [0.15, 0.2) is 11.6 Å². The molecule has 2 fully saturated rings. The first-order valence-corrected chi connectivity index (χ1v) is 8.82. The van der Waals surface area contributed by atoms with Gasteiger partial charge in [0, 0.05) is 31.7 Å². The van der Waals surface area contributed by atoms with Gasteiger partial charge in [-0.3, -0.25) is 14.7 Å². The Morgan fingerprint density at radius 2 is 1.84 bits per heavy atom. The molecule has 4 rings (SSSR count). The first-order chi connectivity index (χ1) is 12.1. The molecule has 0 spiro atoms. The molecule has 2 atom stereocenters. The molecule has 0 saturated carbocycles. The van der Waals surface area contributed by atoms with Crippen LogP contribution < -0.4 is 4.90 Å². The summed E-state index contributed by atoms with van der Waals surface area (Å²) in [6, 6.07) is 11.4. The number of hydrogen-bond acceptors (Lipinski definition) is 4. The fourth-order valence-corrected chi connectivity index (χ4v) is 4.25. The van der Waals surface area contributed by atoms with Crippen LogP contribution in [0, 0.1) is 5.82 Å². The van der Waals surface area contributed by atoms with Crippen LogP contribution in [0.5, 0.6) is 0 Å². The van der Waals surface area contributed by atoms with Crippen LogP contribution >= 0.6 is 0 Å². The quantitative estimate of drug-likeness (QED) is 0.801. The highest BCUT2D eigenvalue weighted by Gasteiger charge is 2.40. The second-order valence-electron chi connectivity index (χ2n) is 7.02. The monoisotopic (exact) mass is 339 g/mol. The van der Waals surface area contributed by atoms with Gasteiger partial charge in [-0.1, -0.05) is 30.3 Å². The van der Waals surface area contributed by atoms with Crippen LogP contribution in [0.2, 0.25) is 0 Å². The topological polar surface area (TPSA) is 36.4 Å². The van der Waals surface area contributed by atoms with E-state index < -0.39 is 5.82 Å². The van der Waals surface area contributed by atoms with Crippen molar-refractivity contribution in [1.82, 2.24) is 9.88 Å². The van der Waals surface area contributed by atoms with Crippen LogP contribution in [-0.4, -0.2) is 40.8 Å². The summed E-state index contributed by atoms with van der Waals surface area (Å²) < 4.78 is 14.1. The Hall–Kier alpha value is -2.27. The molecule has 0 N–H and O–H groups in total. The minimum absolute atomic E-state index is 0.172. The molecule has 2 aliphatic heterocycles. The summed E-state index contributed by atoms with van der Waals surface area (Å²) in [6.45, 7) is 4.00. The summed E-state index contributed by atoms with van der Waals surface area (Å²) >= 11 is 0. The number of piperazine rings is 1. The van der Waals surface area contributed by atoms with Gasteiger partial charge in [0.2, 0.25) is 0 Å². The predicted molar refractivity (Wildman–Crippen MR) is 95.2 cm³/mol. The van der Waals surface area contributed by atoms with Gasteiger partial charge in [0.25, 0.3) is 0 Å². The largest absolute Gasteiger partial charge is 0.366 e. The van der Waals surface area contributed by atoms with Gasteiger partial charge >= 0.3 is 0 Å². The lowest BCUT2D eigenvalue weighted by atomic mass is 10.1. The second kappa shape index (κ2) is 6.56. The Bertz CT molecular complexity index is 766. The van der Waals surface area contributed by atoms with E-state index in [9.17, 15) is 9.18 Å². The van der Waals surface area contributed by atoms with E-state index in [1.54, 1.807) is 6.20 Å². The van der Waals surface area contributed by atoms with Crippen LogP contribution in [0.1, 0.15) is 35.7 Å². The van der Waals surface area contributed by atoms with E-state index in [0.29, 0.717) is 17.8 Å². The molecule has 1 aromatic heterocycles. The number of ketones is 1. The highest BCUT2D eigenvalue weighted by atomic mass is 19.1. The fourth-order valence-electron chi connectivity index (χ4n) is 4.25. The molecule has 0 amide bonds. The maximum Gasteiger partial charge on any atom is 0.164 e. The molecule has 5 heteroatoms. The van der Waals surface area contributed by atoms with E-state index in [1.807, 2.05) is 6.07 Å². The first-order valence-electron chi connectivity index (χ1n) is 8.82. The highest BCUT2D eigenvalue weighted by Crippen LogP contribution is 2.35. The number of fused-ring (bicyclic) bond motifs is 2. The second-order valence-corrected chi connectivity index (χ2v) is 7.02. The molecule has 2 unspecified atom stereocenters. The van der Waals surface area contributed by atoms with E-state index in [1.165, 1.54) is 12.5 Å². The molecular weight excluding hydrogens is 317 g/mol. The van der Waals surface area contributed by atoms with Gasteiger partial charge in [-0.15, -0.1) is 0 Å². The zero-order valence-corrected chi connectivity index (χ0v) is 14.4. The third-order valence-electron chi connectivity index (χ3n) is 5.41. The lowest BCUT2D eigenvalue weighted by Crippen LogP contribution is -2.53. The van der Waals surface area contributed by atoms with E-state index in [-0.39, 0.29) is 11.3 Å². The van der Waals surface area contributed by atoms with Crippen molar-refractivity contribution in [3.8, 4) is 0 Å². The average molecular weight is 339 g/mol. The summed E-state index contributed by atoms with van der Waals surface area (Å²) in [4.78, 5) is 20.6. The summed E-state index contributed by atoms with van der Waals surface area (Å²) in [5, 5.41) is 0. The SMILES string of the molecule is CC(=O)c1c(F)cncc1N1CC2CCC(C1)N2Cc1ccccc1. The molecular formula is C20H22FN3O. The number of halogens is 1. The number of Topliss-reactive ketones (excluding diaryl/α,β-unsaturated/α-hetero) is 1. The van der Waals surface area contributed by atoms with Crippen molar-refractivity contribution in [1.29, 1.82) is 0 Å². The number of rotatable bonds is 4. The average Bonchev–Trinajstić information content (AvgIpc) is 2.83. The molecule has 2 aromatic rings. The van der Waals surface area contributed by atoms with Crippen molar-refractivity contribution in [3.63, 3.8) is 0 Å². The minimum Gasteiger partial charge on any atom is -0.366 e. The van der Waals surface area contributed by atoms with Crippen LogP contribution in [0.3, 0.4) is 0 Å². The molecule has 4 nitrogen and oxygen atoms in total. The fraction of sp³-hybridized carbons (Fsp3) is 0.400. The van der Waals surface area contributed by atoms with Crippen molar-refractivity contribution >= 4 is 11.5 Å². The van der Waals surface area contributed by atoms with Crippen molar-refractivity contribution in [2.75, 3.05) is 18.0 Å². The molecule has 2 bridgehead atoms. The molecule has 130 valence electrons. The van der Waals surface area contributed by atoms with Gasteiger partial charge in [-0.25, -0.2) is 4.39 Å². The maximum atomic E-state index is 14.1. The first kappa shape index (κ1) is 16.2. The minimum atomic E-state index is -0.524. The number of anilines is 1. The zero-order chi connectivity index (χ0) is 17.4. The van der Waals surface area contributed by atoms with Crippen molar-refractivity contribution in [3.05, 3.63) is 59.7 Å². The lowest BCUT2D eigenvalue weighted by Gasteiger charge is -2.42. The highest BCUT2D eigenvalue weighted by molar-refractivity contribution is 5.99. The summed E-state index contributed by atoms with van der Waals surface area (Å²) in [6.07, 6.45) is 5.05. The van der Waals surface area contributed by atoms with Gasteiger partial charge in [-0.05, 0) is 25.3 Å². The molecule has 2 saturated heterocycles. The van der Waals surface area contributed by atoms with Gasteiger partial charge in [0.05, 0.1) is 23.6 Å². The smallest absolute Gasteiger partial charge is 0.164 e. The van der Waals surface area contributed by atoms with Crippen LogP contribution in [-0.2, 0) is 6.54 Å². The van der Waals surface area contributed by atoms with Gasteiger partial charge < -0.3 is 4.90 Å². The zero-order valence-electron chi connectivity index (χ0n) is 14.4. The Balaban J connectivity index is 1.56. The van der Waals surface area contributed by atoms with Gasteiger partial charge in [-0.2, -0.15) is 0 Å². The number of carbonyl (C=O) groups is 1. The molecule has 1 aromatic carbocycles.